The molecule has 0 fully saturated rings. The second kappa shape index (κ2) is 4.54. The minimum atomic E-state index is -0.160. The Morgan fingerprint density at radius 1 is 1.07 bits per heavy atom. The third-order valence-electron chi connectivity index (χ3n) is 2.15. The first kappa shape index (κ1) is 11.0. The van der Waals surface area contributed by atoms with Crippen molar-refractivity contribution in [3.63, 3.8) is 0 Å². The Balaban J connectivity index is 2.37. The van der Waals surface area contributed by atoms with E-state index in [9.17, 15) is 0 Å². The van der Waals surface area contributed by atoms with Crippen molar-refractivity contribution >= 4 is 34.5 Å². The summed E-state index contributed by atoms with van der Waals surface area (Å²) in [7, 11) is 0. The first-order valence-corrected chi connectivity index (χ1v) is 6.10. The summed E-state index contributed by atoms with van der Waals surface area (Å²) < 4.78 is 0. The Labute approximate surface area is 102 Å². The Morgan fingerprint density at radius 3 is 2.27 bits per heavy atom. The van der Waals surface area contributed by atoms with Crippen LogP contribution in [0.25, 0.3) is 0 Å². The third-order valence-corrected chi connectivity index (χ3v) is 3.28. The lowest BCUT2D eigenvalue weighted by Crippen LogP contribution is -2.10. The fraction of sp³-hybridized carbons (Fsp3) is 0.0909. The molecular formula is C11H9Cl2NS. The number of thiophene rings is 1. The molecule has 0 amide bonds. The molecule has 0 spiro atoms. The van der Waals surface area contributed by atoms with Gasteiger partial charge in [0.15, 0.2) is 0 Å². The zero-order chi connectivity index (χ0) is 10.8. The monoisotopic (exact) mass is 257 g/mol. The summed E-state index contributed by atoms with van der Waals surface area (Å²) in [5.41, 5.74) is 8.11. The lowest BCUT2D eigenvalue weighted by atomic mass is 10.0. The predicted molar refractivity (Wildman–Crippen MR) is 66.8 cm³/mol. The van der Waals surface area contributed by atoms with Gasteiger partial charge in [0.25, 0.3) is 0 Å². The summed E-state index contributed by atoms with van der Waals surface area (Å²) in [5.74, 6) is 0. The molecule has 1 aromatic carbocycles. The van der Waals surface area contributed by atoms with Crippen LogP contribution in [0.15, 0.2) is 35.0 Å². The van der Waals surface area contributed by atoms with Crippen molar-refractivity contribution in [1.82, 2.24) is 0 Å². The van der Waals surface area contributed by atoms with Gasteiger partial charge in [0.2, 0.25) is 0 Å². The molecule has 4 heteroatoms. The maximum absolute atomic E-state index is 6.09. The van der Waals surface area contributed by atoms with Gasteiger partial charge in [-0.25, -0.2) is 0 Å². The lowest BCUT2D eigenvalue weighted by Gasteiger charge is -2.11. The standard InChI is InChI=1S/C11H9Cl2NS/c12-9-3-8(4-10(13)5-9)11(14)7-1-2-15-6-7/h1-6,11H,14H2/t11-/m1/s1. The summed E-state index contributed by atoms with van der Waals surface area (Å²) in [6.07, 6.45) is 0. The fourth-order valence-electron chi connectivity index (χ4n) is 1.40. The summed E-state index contributed by atoms with van der Waals surface area (Å²) >= 11 is 13.5. The van der Waals surface area contributed by atoms with Gasteiger partial charge in [0, 0.05) is 10.0 Å². The second-order valence-corrected chi connectivity index (χ2v) is 4.89. The van der Waals surface area contributed by atoms with Gasteiger partial charge in [-0.2, -0.15) is 11.3 Å². The highest BCUT2D eigenvalue weighted by atomic mass is 35.5. The minimum Gasteiger partial charge on any atom is -0.320 e. The van der Waals surface area contributed by atoms with E-state index in [1.54, 1.807) is 17.4 Å². The van der Waals surface area contributed by atoms with Crippen LogP contribution in [0.2, 0.25) is 10.0 Å². The van der Waals surface area contributed by atoms with E-state index in [4.69, 9.17) is 28.9 Å². The van der Waals surface area contributed by atoms with E-state index in [1.807, 2.05) is 29.0 Å². The van der Waals surface area contributed by atoms with Crippen molar-refractivity contribution < 1.29 is 0 Å². The van der Waals surface area contributed by atoms with Crippen molar-refractivity contribution in [3.05, 3.63) is 56.2 Å². The van der Waals surface area contributed by atoms with Crippen molar-refractivity contribution in [2.24, 2.45) is 5.73 Å². The van der Waals surface area contributed by atoms with Gasteiger partial charge in [-0.15, -0.1) is 0 Å². The van der Waals surface area contributed by atoms with Gasteiger partial charge >= 0.3 is 0 Å². The molecule has 2 N–H and O–H groups in total. The van der Waals surface area contributed by atoms with Crippen LogP contribution in [0, 0.1) is 0 Å². The van der Waals surface area contributed by atoms with Crippen molar-refractivity contribution in [2.75, 3.05) is 0 Å². The molecule has 0 aliphatic heterocycles. The predicted octanol–water partition coefficient (Wildman–Crippen LogP) is 4.10. The van der Waals surface area contributed by atoms with E-state index < -0.39 is 0 Å². The molecule has 1 nitrogen and oxygen atoms in total. The number of hydrogen-bond donors (Lipinski definition) is 1. The smallest absolute Gasteiger partial charge is 0.0560 e. The zero-order valence-corrected chi connectivity index (χ0v) is 10.1. The average Bonchev–Trinajstić information content (AvgIpc) is 2.67. The molecule has 1 aromatic heterocycles. The minimum absolute atomic E-state index is 0.160. The summed E-state index contributed by atoms with van der Waals surface area (Å²) in [6.45, 7) is 0. The van der Waals surface area contributed by atoms with Crippen LogP contribution >= 0.6 is 34.5 Å². The third kappa shape index (κ3) is 2.52. The fourth-order valence-corrected chi connectivity index (χ4v) is 2.64. The highest BCUT2D eigenvalue weighted by molar-refractivity contribution is 7.08. The molecule has 0 bridgehead atoms. The molecular weight excluding hydrogens is 249 g/mol. The van der Waals surface area contributed by atoms with Crippen LogP contribution in [0.3, 0.4) is 0 Å². The lowest BCUT2D eigenvalue weighted by molar-refractivity contribution is 0.877. The van der Waals surface area contributed by atoms with E-state index >= 15 is 0 Å². The van der Waals surface area contributed by atoms with Crippen LogP contribution < -0.4 is 5.73 Å². The van der Waals surface area contributed by atoms with E-state index in [1.165, 1.54) is 0 Å². The molecule has 0 unspecified atom stereocenters. The number of nitrogens with two attached hydrogens (primary N) is 1. The summed E-state index contributed by atoms with van der Waals surface area (Å²) in [5, 5.41) is 5.26. The van der Waals surface area contributed by atoms with E-state index in [2.05, 4.69) is 0 Å². The van der Waals surface area contributed by atoms with Gasteiger partial charge in [-0.05, 0) is 46.2 Å². The van der Waals surface area contributed by atoms with Crippen molar-refractivity contribution in [3.8, 4) is 0 Å². The van der Waals surface area contributed by atoms with E-state index in [0.29, 0.717) is 10.0 Å². The first-order chi connectivity index (χ1) is 7.16. The summed E-state index contributed by atoms with van der Waals surface area (Å²) in [4.78, 5) is 0. The molecule has 15 heavy (non-hydrogen) atoms. The highest BCUT2D eigenvalue weighted by Crippen LogP contribution is 2.27. The number of benzene rings is 1. The Kier molecular flexibility index (Phi) is 3.32. The molecule has 1 atom stereocenters. The molecule has 0 aliphatic carbocycles. The quantitative estimate of drug-likeness (QED) is 0.862. The van der Waals surface area contributed by atoms with Gasteiger partial charge < -0.3 is 5.73 Å². The Bertz CT molecular complexity index is 433. The average molecular weight is 258 g/mol. The van der Waals surface area contributed by atoms with Gasteiger partial charge in [-0.1, -0.05) is 23.2 Å². The molecule has 2 rings (SSSR count). The second-order valence-electron chi connectivity index (χ2n) is 3.24. The van der Waals surface area contributed by atoms with Crippen LogP contribution in [0.5, 0.6) is 0 Å². The van der Waals surface area contributed by atoms with Crippen LogP contribution in [-0.2, 0) is 0 Å². The maximum atomic E-state index is 6.09. The van der Waals surface area contributed by atoms with Gasteiger partial charge in [0.05, 0.1) is 6.04 Å². The molecule has 0 saturated heterocycles. The van der Waals surface area contributed by atoms with Crippen LogP contribution in [0.1, 0.15) is 17.2 Å². The normalized spacial score (nSPS) is 12.7. The molecule has 1 heterocycles. The molecule has 2 aromatic rings. The highest BCUT2D eigenvalue weighted by Gasteiger charge is 2.10. The summed E-state index contributed by atoms with van der Waals surface area (Å²) in [6, 6.07) is 7.23. The number of halogens is 2. The Morgan fingerprint density at radius 2 is 1.73 bits per heavy atom. The maximum Gasteiger partial charge on any atom is 0.0560 e. The molecule has 0 saturated carbocycles. The SMILES string of the molecule is N[C@H](c1ccsc1)c1cc(Cl)cc(Cl)c1. The number of rotatable bonds is 2. The van der Waals surface area contributed by atoms with E-state index in [-0.39, 0.29) is 6.04 Å². The molecule has 78 valence electrons. The van der Waals surface area contributed by atoms with Crippen LogP contribution in [-0.4, -0.2) is 0 Å². The zero-order valence-electron chi connectivity index (χ0n) is 7.78. The molecule has 0 aliphatic rings. The van der Waals surface area contributed by atoms with Crippen molar-refractivity contribution in [2.45, 2.75) is 6.04 Å². The van der Waals surface area contributed by atoms with E-state index in [0.717, 1.165) is 11.1 Å². The van der Waals surface area contributed by atoms with Crippen molar-refractivity contribution in [1.29, 1.82) is 0 Å². The number of hydrogen-bond acceptors (Lipinski definition) is 2. The van der Waals surface area contributed by atoms with Crippen LogP contribution in [0.4, 0.5) is 0 Å². The topological polar surface area (TPSA) is 26.0 Å². The largest absolute Gasteiger partial charge is 0.320 e. The van der Waals surface area contributed by atoms with Gasteiger partial charge in [-0.3, -0.25) is 0 Å². The Hall–Kier alpha value is -0.540. The molecule has 0 radical (unpaired) electrons. The van der Waals surface area contributed by atoms with Gasteiger partial charge in [0.1, 0.15) is 0 Å². The first-order valence-electron chi connectivity index (χ1n) is 4.40.